The van der Waals surface area contributed by atoms with Crippen molar-refractivity contribution in [3.63, 3.8) is 0 Å². The number of hydrogen-bond donors (Lipinski definition) is 0. The quantitative estimate of drug-likeness (QED) is 0.0978. The summed E-state index contributed by atoms with van der Waals surface area (Å²) in [6, 6.07) is 160. The van der Waals surface area contributed by atoms with Crippen LogP contribution in [0, 0.1) is 0 Å². The highest BCUT2D eigenvalue weighted by Gasteiger charge is 2.39. The minimum atomic E-state index is -0.0958. The molecule has 4 heterocycles. The predicted molar refractivity (Wildman–Crippen MR) is 569 cm³/mol. The molecule has 0 fully saturated rings. The Morgan fingerprint density at radius 1 is 0.144 bits per heavy atom. The molecule has 3 aliphatic rings. The zero-order valence-corrected chi connectivity index (χ0v) is 77.9. The van der Waals surface area contributed by atoms with Crippen LogP contribution in [0.4, 0.5) is 0 Å². The van der Waals surface area contributed by atoms with Crippen LogP contribution >= 0.6 is 0 Å². The Morgan fingerprint density at radius 2 is 0.381 bits per heavy atom. The van der Waals surface area contributed by atoms with E-state index in [1.165, 1.54) is 94.2 Å². The molecular weight excluding hydrogens is 1690 g/mol. The minimum Gasteiger partial charge on any atom is -0.256 e. The number of aromatic nitrogens is 10. The van der Waals surface area contributed by atoms with Crippen LogP contribution < -0.4 is 0 Å². The maximum Gasteiger partial charge on any atom is 0.164 e. The Balaban J connectivity index is 0.000000117. The highest BCUT2D eigenvalue weighted by Crippen LogP contribution is 2.54. The van der Waals surface area contributed by atoms with Crippen molar-refractivity contribution in [3.8, 4) is 203 Å². The molecule has 660 valence electrons. The van der Waals surface area contributed by atoms with Crippen LogP contribution in [-0.2, 0) is 16.2 Å². The number of hydrogen-bond acceptors (Lipinski definition) is 10. The molecule has 0 saturated heterocycles. The van der Waals surface area contributed by atoms with Crippen LogP contribution in [0.25, 0.3) is 214 Å². The summed E-state index contributed by atoms with van der Waals surface area (Å²) in [6.07, 6.45) is 1.83. The van der Waals surface area contributed by atoms with Gasteiger partial charge in [-0.05, 0) is 218 Å². The molecule has 0 radical (unpaired) electrons. The van der Waals surface area contributed by atoms with E-state index in [1.807, 2.05) is 182 Å². The first-order valence-electron chi connectivity index (χ1n) is 47.4. The second kappa shape index (κ2) is 36.0. The van der Waals surface area contributed by atoms with Gasteiger partial charge in [0.2, 0.25) is 0 Å². The van der Waals surface area contributed by atoms with Crippen molar-refractivity contribution in [2.75, 3.05) is 0 Å². The average molecular weight is 1780 g/mol. The Morgan fingerprint density at radius 3 is 0.719 bits per heavy atom. The number of fused-ring (bicyclic) bond motifs is 10. The van der Waals surface area contributed by atoms with Crippen molar-refractivity contribution >= 4 is 10.8 Å². The molecule has 0 spiro atoms. The van der Waals surface area contributed by atoms with Gasteiger partial charge in [0.05, 0.1) is 5.69 Å². The van der Waals surface area contributed by atoms with E-state index in [1.54, 1.807) is 0 Å². The topological polar surface area (TPSA) is 129 Å². The molecule has 0 saturated carbocycles. The normalized spacial score (nSPS) is 12.8. The van der Waals surface area contributed by atoms with E-state index in [0.717, 1.165) is 100 Å². The molecule has 0 bridgehead atoms. The molecule has 4 aromatic heterocycles. The van der Waals surface area contributed by atoms with Gasteiger partial charge in [-0.15, -0.1) is 0 Å². The summed E-state index contributed by atoms with van der Waals surface area (Å²) in [5, 5.41) is 2.42. The minimum absolute atomic E-state index is 0.0782. The van der Waals surface area contributed by atoms with Gasteiger partial charge in [-0.1, -0.05) is 412 Å². The van der Waals surface area contributed by atoms with Crippen LogP contribution in [0.3, 0.4) is 0 Å². The standard InChI is InChI=1S/C46H33N3.C42H31N3.C41H30N4/c1-46(2)41-23-12-11-21-39(41)40-25-24-33(29-42(40)46)34-26-35(38-22-13-19-30-14-9-10-20-37(30)38)28-36(27-34)45-48-43(31-15-5-3-6-16-31)47-44(49-45)32-17-7-4-8-18-32;1-42(2)37-21-13-12-20-35(37)36-23-22-31(27-38(36)42)33-24-32(28-14-6-3-7-15-28)25-34(26-33)41-44-39(29-16-8-4-9-17-29)43-40(45-41)30-18-10-5-11-19-30;1-41(2)35-18-10-9-17-33(35)34-21-20-29(26-36(34)41)30-23-31(37-19-11-12-22-42-37)25-32(24-30)40-44-38(27-13-5-3-6-14-27)43-39(45-40)28-15-7-4-8-16-28/h3-29H,1-2H3;3-27H,1-2H3;3-26H,1-2H3. The van der Waals surface area contributed by atoms with Crippen molar-refractivity contribution in [2.24, 2.45) is 0 Å². The Labute approximate surface area is 810 Å². The van der Waals surface area contributed by atoms with E-state index in [4.69, 9.17) is 49.8 Å². The number of rotatable bonds is 15. The smallest absolute Gasteiger partial charge is 0.164 e. The molecule has 0 amide bonds. The summed E-state index contributed by atoms with van der Waals surface area (Å²) in [5.74, 6) is 5.81. The van der Waals surface area contributed by atoms with E-state index < -0.39 is 0 Å². The van der Waals surface area contributed by atoms with E-state index in [-0.39, 0.29) is 16.2 Å². The lowest BCUT2D eigenvalue weighted by molar-refractivity contribution is 0.660. The van der Waals surface area contributed by atoms with Crippen molar-refractivity contribution in [3.05, 3.63) is 495 Å². The van der Waals surface area contributed by atoms with Crippen LogP contribution in [0.15, 0.2) is 461 Å². The van der Waals surface area contributed by atoms with Gasteiger partial charge in [0.1, 0.15) is 0 Å². The Hall–Kier alpha value is -17.6. The van der Waals surface area contributed by atoms with Crippen molar-refractivity contribution in [1.29, 1.82) is 0 Å². The highest BCUT2D eigenvalue weighted by atomic mass is 15.1. The second-order valence-electron chi connectivity index (χ2n) is 37.4. The largest absolute Gasteiger partial charge is 0.256 e. The lowest BCUT2D eigenvalue weighted by Gasteiger charge is -2.22. The van der Waals surface area contributed by atoms with Gasteiger partial charge < -0.3 is 0 Å². The summed E-state index contributed by atoms with van der Waals surface area (Å²) < 4.78 is 0. The monoisotopic (exact) mass is 1780 g/mol. The second-order valence-corrected chi connectivity index (χ2v) is 37.4. The maximum absolute atomic E-state index is 5.12. The zero-order chi connectivity index (χ0) is 93.7. The Bertz CT molecular complexity index is 7930. The van der Waals surface area contributed by atoms with Crippen molar-refractivity contribution in [2.45, 2.75) is 57.8 Å². The summed E-state index contributed by atoms with van der Waals surface area (Å²) in [4.78, 5) is 49.9. The summed E-state index contributed by atoms with van der Waals surface area (Å²) in [6.45, 7) is 14.0. The van der Waals surface area contributed by atoms with Gasteiger partial charge in [-0.25, -0.2) is 44.9 Å². The zero-order valence-electron chi connectivity index (χ0n) is 77.9. The van der Waals surface area contributed by atoms with Crippen LogP contribution in [0.5, 0.6) is 0 Å². The van der Waals surface area contributed by atoms with Gasteiger partial charge >= 0.3 is 0 Å². The third-order valence-electron chi connectivity index (χ3n) is 27.6. The number of pyridine rings is 1. The molecule has 18 aromatic carbocycles. The Kier molecular flexibility index (Phi) is 22.2. The molecule has 25 rings (SSSR count). The average Bonchev–Trinajstić information content (AvgIpc) is 1.59. The van der Waals surface area contributed by atoms with Crippen LogP contribution in [-0.4, -0.2) is 49.8 Å². The molecular formula is C129H94N10. The molecule has 10 nitrogen and oxygen atoms in total. The fraction of sp³-hybridized carbons (Fsp3) is 0.0698. The van der Waals surface area contributed by atoms with Gasteiger partial charge in [-0.3, -0.25) is 4.98 Å². The van der Waals surface area contributed by atoms with Gasteiger partial charge in [-0.2, -0.15) is 0 Å². The van der Waals surface area contributed by atoms with Gasteiger partial charge in [0.25, 0.3) is 0 Å². The summed E-state index contributed by atoms with van der Waals surface area (Å²) in [5.41, 5.74) is 37.6. The van der Waals surface area contributed by atoms with E-state index in [9.17, 15) is 0 Å². The fourth-order valence-corrected chi connectivity index (χ4v) is 20.3. The van der Waals surface area contributed by atoms with Gasteiger partial charge in [0.15, 0.2) is 52.4 Å². The summed E-state index contributed by atoms with van der Waals surface area (Å²) in [7, 11) is 0. The SMILES string of the molecule is CC1(C)c2ccccc2-c2ccc(-c3cc(-c4ccccc4)cc(-c4nc(-c5ccccc5)nc(-c5ccccc5)n4)c3)cc21.CC1(C)c2ccccc2-c2ccc(-c3cc(-c4ccccn4)cc(-c4nc(-c5ccccc5)nc(-c5ccccc5)n4)c3)cc21.CC1(C)c2ccccc2-c2ccc(-c3cc(-c4nc(-c5ccccc5)nc(-c5ccccc5)n4)cc(-c4cccc5ccccc45)c3)cc21. The van der Waals surface area contributed by atoms with E-state index in [2.05, 4.69) is 321 Å². The molecule has 0 atom stereocenters. The lowest BCUT2D eigenvalue weighted by atomic mass is 9.81. The molecule has 3 aliphatic carbocycles. The lowest BCUT2D eigenvalue weighted by Crippen LogP contribution is -2.14. The first kappa shape index (κ1) is 85.6. The maximum atomic E-state index is 5.12. The van der Waals surface area contributed by atoms with Crippen molar-refractivity contribution in [1.82, 2.24) is 49.8 Å². The van der Waals surface area contributed by atoms with Crippen LogP contribution in [0.1, 0.15) is 74.9 Å². The third-order valence-corrected chi connectivity index (χ3v) is 27.6. The predicted octanol–water partition coefficient (Wildman–Crippen LogP) is 32.1. The van der Waals surface area contributed by atoms with Crippen molar-refractivity contribution < 1.29 is 0 Å². The molecule has 0 N–H and O–H groups in total. The van der Waals surface area contributed by atoms with E-state index >= 15 is 0 Å². The molecule has 0 aliphatic heterocycles. The molecule has 139 heavy (non-hydrogen) atoms. The van der Waals surface area contributed by atoms with Gasteiger partial charge in [0, 0.05) is 78.1 Å². The first-order valence-corrected chi connectivity index (χ1v) is 47.4. The van der Waals surface area contributed by atoms with E-state index in [0.29, 0.717) is 52.4 Å². The molecule has 22 aromatic rings. The number of benzene rings is 18. The highest BCUT2D eigenvalue weighted by molar-refractivity contribution is 5.99. The summed E-state index contributed by atoms with van der Waals surface area (Å²) >= 11 is 0. The first-order chi connectivity index (χ1) is 68.1. The number of nitrogens with zero attached hydrogens (tertiary/aromatic N) is 10. The third kappa shape index (κ3) is 16.5. The molecule has 0 unspecified atom stereocenters. The molecule has 10 heteroatoms. The van der Waals surface area contributed by atoms with Crippen LogP contribution in [0.2, 0.25) is 0 Å². The fourth-order valence-electron chi connectivity index (χ4n) is 20.3.